The highest BCUT2D eigenvalue weighted by Crippen LogP contribution is 2.18. The molecule has 1 amide bonds. The van der Waals surface area contributed by atoms with Crippen LogP contribution in [0.4, 0.5) is 0 Å². The number of carboxylic acids is 2. The third-order valence-electron chi connectivity index (χ3n) is 6.52. The summed E-state index contributed by atoms with van der Waals surface area (Å²) in [6.07, 6.45) is 4.24. The number of nitrogens with one attached hydrogen (secondary N) is 1. The van der Waals surface area contributed by atoms with Gasteiger partial charge in [0, 0.05) is 19.0 Å². The molecule has 0 saturated heterocycles. The van der Waals surface area contributed by atoms with E-state index in [-0.39, 0.29) is 12.0 Å². The summed E-state index contributed by atoms with van der Waals surface area (Å²) in [4.78, 5) is 40.8. The number of amides is 1. The minimum absolute atomic E-state index is 0.189. The Morgan fingerprint density at radius 3 is 2.34 bits per heavy atom. The quantitative estimate of drug-likeness (QED) is 0.247. The number of hydrogen-bond donors (Lipinski definition) is 3. The molecule has 3 N–H and O–H groups in total. The van der Waals surface area contributed by atoms with Gasteiger partial charge in [-0.05, 0) is 46.9 Å². The first-order chi connectivity index (χ1) is 18.3. The van der Waals surface area contributed by atoms with Crippen molar-refractivity contribution in [3.63, 3.8) is 0 Å². The van der Waals surface area contributed by atoms with Crippen molar-refractivity contribution in [2.24, 2.45) is 0 Å². The molecule has 0 fully saturated rings. The van der Waals surface area contributed by atoms with Crippen LogP contribution in [0.3, 0.4) is 0 Å². The van der Waals surface area contributed by atoms with Gasteiger partial charge in [-0.15, -0.1) is 0 Å². The van der Waals surface area contributed by atoms with E-state index in [0.29, 0.717) is 25.1 Å². The van der Waals surface area contributed by atoms with Gasteiger partial charge in [0.1, 0.15) is 11.5 Å². The van der Waals surface area contributed by atoms with Crippen molar-refractivity contribution in [3.8, 4) is 0 Å². The van der Waals surface area contributed by atoms with Crippen molar-refractivity contribution >= 4 is 28.6 Å². The number of aromatic carboxylic acids is 1. The fourth-order valence-electron chi connectivity index (χ4n) is 4.54. The molecule has 3 aromatic carbocycles. The van der Waals surface area contributed by atoms with Crippen LogP contribution in [0.1, 0.15) is 64.0 Å². The van der Waals surface area contributed by atoms with Crippen LogP contribution in [0.25, 0.3) is 10.8 Å². The molecule has 0 aliphatic carbocycles. The van der Waals surface area contributed by atoms with Crippen molar-refractivity contribution < 1.29 is 24.6 Å². The van der Waals surface area contributed by atoms with Gasteiger partial charge in [0.25, 0.3) is 5.91 Å². The Hall–Kier alpha value is -4.46. The number of fused-ring (bicyclic) bond motifs is 1. The van der Waals surface area contributed by atoms with Crippen molar-refractivity contribution in [1.29, 1.82) is 0 Å². The third-order valence-corrected chi connectivity index (χ3v) is 6.52. The lowest BCUT2D eigenvalue weighted by Crippen LogP contribution is -2.39. The Labute approximate surface area is 221 Å². The van der Waals surface area contributed by atoms with Gasteiger partial charge in [-0.3, -0.25) is 9.59 Å². The van der Waals surface area contributed by atoms with Gasteiger partial charge < -0.3 is 20.1 Å². The molecule has 8 heteroatoms. The summed E-state index contributed by atoms with van der Waals surface area (Å²) in [5, 5.41) is 23.8. The van der Waals surface area contributed by atoms with Gasteiger partial charge in [-0.1, -0.05) is 67.9 Å². The number of carboxylic acid groups (broad SMARTS) is 2. The van der Waals surface area contributed by atoms with Crippen LogP contribution in [0, 0.1) is 0 Å². The number of nitrogens with zero attached hydrogens (tertiary/aromatic N) is 2. The van der Waals surface area contributed by atoms with Crippen LogP contribution in [0.2, 0.25) is 0 Å². The first kappa shape index (κ1) is 26.6. The number of hydrogen-bond acceptors (Lipinski definition) is 4. The lowest BCUT2D eigenvalue weighted by Gasteiger charge is -2.19. The molecule has 4 rings (SSSR count). The van der Waals surface area contributed by atoms with Crippen LogP contribution < -0.4 is 5.32 Å². The van der Waals surface area contributed by atoms with Gasteiger partial charge in [0.2, 0.25) is 0 Å². The Balaban J connectivity index is 1.57. The number of aryl methyl sites for hydroxylation is 1. The van der Waals surface area contributed by atoms with E-state index in [4.69, 9.17) is 0 Å². The summed E-state index contributed by atoms with van der Waals surface area (Å²) in [6.45, 7) is 2.42. The van der Waals surface area contributed by atoms with Crippen molar-refractivity contribution in [3.05, 3.63) is 101 Å². The highest BCUT2D eigenvalue weighted by atomic mass is 16.4. The van der Waals surface area contributed by atoms with E-state index >= 15 is 0 Å². The molecule has 0 bridgehead atoms. The van der Waals surface area contributed by atoms with Crippen LogP contribution in [0.15, 0.2) is 72.9 Å². The van der Waals surface area contributed by atoms with Crippen molar-refractivity contribution in [2.75, 3.05) is 0 Å². The molecule has 4 aromatic rings. The van der Waals surface area contributed by atoms with E-state index in [2.05, 4.69) is 17.2 Å². The van der Waals surface area contributed by atoms with Crippen LogP contribution in [-0.4, -0.2) is 43.7 Å². The number of aromatic nitrogens is 2. The number of carbonyl (C=O) groups excluding carboxylic acids is 1. The Morgan fingerprint density at radius 1 is 0.947 bits per heavy atom. The molecule has 0 aliphatic heterocycles. The van der Waals surface area contributed by atoms with E-state index < -0.39 is 23.9 Å². The second-order valence-electron chi connectivity index (χ2n) is 9.41. The average Bonchev–Trinajstić information content (AvgIpc) is 3.29. The van der Waals surface area contributed by atoms with Crippen LogP contribution in [-0.2, 0) is 24.2 Å². The first-order valence-corrected chi connectivity index (χ1v) is 12.7. The second-order valence-corrected chi connectivity index (χ2v) is 9.41. The fraction of sp³-hybridized carbons (Fsp3) is 0.267. The maximum absolute atomic E-state index is 13.4. The number of aliphatic carboxylic acids is 1. The number of carbonyl (C=O) groups is 3. The molecule has 38 heavy (non-hydrogen) atoms. The van der Waals surface area contributed by atoms with E-state index in [1.54, 1.807) is 12.1 Å². The molecule has 0 spiro atoms. The first-order valence-electron chi connectivity index (χ1n) is 12.7. The fourth-order valence-corrected chi connectivity index (χ4v) is 4.54. The van der Waals surface area contributed by atoms with Crippen molar-refractivity contribution in [2.45, 2.75) is 51.6 Å². The Morgan fingerprint density at radius 2 is 1.66 bits per heavy atom. The normalized spacial score (nSPS) is 11.8. The van der Waals surface area contributed by atoms with E-state index in [9.17, 15) is 24.6 Å². The molecule has 0 unspecified atom stereocenters. The van der Waals surface area contributed by atoms with E-state index in [1.165, 1.54) is 18.3 Å². The van der Waals surface area contributed by atoms with Crippen molar-refractivity contribution in [1.82, 2.24) is 14.9 Å². The summed E-state index contributed by atoms with van der Waals surface area (Å²) in [5.41, 5.74) is 2.30. The summed E-state index contributed by atoms with van der Waals surface area (Å²) >= 11 is 0. The largest absolute Gasteiger partial charge is 0.481 e. The zero-order chi connectivity index (χ0) is 27.1. The maximum atomic E-state index is 13.4. The zero-order valence-corrected chi connectivity index (χ0v) is 21.3. The highest BCUT2D eigenvalue weighted by Gasteiger charge is 2.22. The van der Waals surface area contributed by atoms with Gasteiger partial charge in [-0.25, -0.2) is 9.78 Å². The minimum atomic E-state index is -1.00. The number of rotatable bonds is 12. The van der Waals surface area contributed by atoms with Gasteiger partial charge >= 0.3 is 11.9 Å². The summed E-state index contributed by atoms with van der Waals surface area (Å²) in [6, 6.07) is 19.8. The molecule has 1 aromatic heterocycles. The summed E-state index contributed by atoms with van der Waals surface area (Å²) < 4.78 is 1.83. The third kappa shape index (κ3) is 6.64. The lowest BCUT2D eigenvalue weighted by atomic mass is 10.00. The monoisotopic (exact) mass is 513 g/mol. The number of imidazole rings is 1. The molecule has 1 atom stereocenters. The minimum Gasteiger partial charge on any atom is -0.481 e. The van der Waals surface area contributed by atoms with Crippen LogP contribution >= 0.6 is 0 Å². The van der Waals surface area contributed by atoms with E-state index in [0.717, 1.165) is 40.6 Å². The molecular formula is C30H31N3O5. The smallest absolute Gasteiger partial charge is 0.335 e. The second kappa shape index (κ2) is 12.2. The molecule has 1 heterocycles. The molecule has 0 aliphatic rings. The molecule has 0 radical (unpaired) electrons. The average molecular weight is 514 g/mol. The van der Waals surface area contributed by atoms with Gasteiger partial charge in [0.15, 0.2) is 0 Å². The highest BCUT2D eigenvalue weighted by molar-refractivity contribution is 5.93. The van der Waals surface area contributed by atoms with Gasteiger partial charge in [0.05, 0.1) is 18.2 Å². The Bertz CT molecular complexity index is 1440. The predicted molar refractivity (Wildman–Crippen MR) is 145 cm³/mol. The molecular weight excluding hydrogens is 482 g/mol. The zero-order valence-electron chi connectivity index (χ0n) is 21.3. The SMILES string of the molecule is CCCCc1ncc(C(=O)N[C@@H](CC(=O)O)Cc2ccc3ccccc3c2)n1Cc1ccc(C(=O)O)cc1. The Kier molecular flexibility index (Phi) is 8.53. The molecule has 8 nitrogen and oxygen atoms in total. The predicted octanol–water partition coefficient (Wildman–Crippen LogP) is 4.94. The number of unbranched alkanes of at least 4 members (excludes halogenated alkanes) is 1. The molecule has 196 valence electrons. The number of benzene rings is 3. The lowest BCUT2D eigenvalue weighted by molar-refractivity contribution is -0.137. The molecule has 0 saturated carbocycles. The van der Waals surface area contributed by atoms with Gasteiger partial charge in [-0.2, -0.15) is 0 Å². The van der Waals surface area contributed by atoms with E-state index in [1.807, 2.05) is 47.0 Å². The topological polar surface area (TPSA) is 122 Å². The summed E-state index contributed by atoms with van der Waals surface area (Å²) in [5.74, 6) is -1.64. The van der Waals surface area contributed by atoms with Crippen LogP contribution in [0.5, 0.6) is 0 Å². The standard InChI is InChI=1S/C30H31N3O5/c1-2-3-8-27-31-18-26(33(27)19-20-9-13-23(14-10-20)30(37)38)29(36)32-25(17-28(34)35)16-21-11-12-22-6-4-5-7-24(22)15-21/h4-7,9-15,18,25H,2-3,8,16-17,19H2,1H3,(H,32,36)(H,34,35)(H,37,38)/t25-/m1/s1. The summed E-state index contributed by atoms with van der Waals surface area (Å²) in [7, 11) is 0. The maximum Gasteiger partial charge on any atom is 0.335 e.